The van der Waals surface area contributed by atoms with Gasteiger partial charge in [-0.25, -0.2) is 4.79 Å². The zero-order valence-electron chi connectivity index (χ0n) is 12.5. The first-order valence-electron chi connectivity index (χ1n) is 7.10. The number of carbonyl (C=O) groups is 2. The molecule has 0 spiro atoms. The van der Waals surface area contributed by atoms with Crippen LogP contribution in [0.25, 0.3) is 0 Å². The highest BCUT2D eigenvalue weighted by Crippen LogP contribution is 2.20. The minimum absolute atomic E-state index is 0.0549. The number of carboxylic acid groups (broad SMARTS) is 1. The third-order valence-corrected chi connectivity index (χ3v) is 3.44. The second-order valence-corrected chi connectivity index (χ2v) is 5.13. The molecular weight excluding hydrogens is 254 g/mol. The number of rotatable bonds is 7. The molecule has 1 aromatic carbocycles. The molecule has 4 heteroatoms. The first-order chi connectivity index (χ1) is 9.45. The molecule has 1 amide bonds. The summed E-state index contributed by atoms with van der Waals surface area (Å²) in [5, 5.41) is 11.9. The second-order valence-electron chi connectivity index (χ2n) is 5.13. The average molecular weight is 277 g/mol. The Morgan fingerprint density at radius 1 is 1.15 bits per heavy atom. The van der Waals surface area contributed by atoms with E-state index in [1.54, 1.807) is 6.92 Å². The van der Waals surface area contributed by atoms with Crippen LogP contribution in [-0.2, 0) is 4.79 Å². The van der Waals surface area contributed by atoms with E-state index in [0.717, 1.165) is 36.8 Å². The lowest BCUT2D eigenvalue weighted by Gasteiger charge is -2.10. The van der Waals surface area contributed by atoms with E-state index in [9.17, 15) is 9.59 Å². The Hall–Kier alpha value is -1.84. The van der Waals surface area contributed by atoms with Gasteiger partial charge < -0.3 is 10.4 Å². The summed E-state index contributed by atoms with van der Waals surface area (Å²) in [7, 11) is 0. The molecule has 4 nitrogen and oxygen atoms in total. The van der Waals surface area contributed by atoms with Crippen molar-refractivity contribution in [1.82, 2.24) is 0 Å². The maximum Gasteiger partial charge on any atom is 0.336 e. The molecule has 0 heterocycles. The number of aromatic carboxylic acids is 1. The highest BCUT2D eigenvalue weighted by Gasteiger charge is 2.12. The standard InChI is InChI=1S/C16H23NO3/c1-4-5-6-7-8-15(18)17-13-9-11(2)12(3)14(10-13)16(19)20/h9-10H,4-8H2,1-3H3,(H,17,18)(H,19,20). The SMILES string of the molecule is CCCCCCC(=O)Nc1cc(C)c(C)c(C(=O)O)c1. The van der Waals surface area contributed by atoms with Gasteiger partial charge in [-0.3, -0.25) is 4.79 Å². The summed E-state index contributed by atoms with van der Waals surface area (Å²) < 4.78 is 0. The summed E-state index contributed by atoms with van der Waals surface area (Å²) in [6.45, 7) is 5.75. The van der Waals surface area contributed by atoms with E-state index >= 15 is 0 Å². The molecule has 0 aromatic heterocycles. The van der Waals surface area contributed by atoms with E-state index in [1.165, 1.54) is 6.07 Å². The van der Waals surface area contributed by atoms with Gasteiger partial charge in [-0.1, -0.05) is 26.2 Å². The van der Waals surface area contributed by atoms with Crippen LogP contribution in [0, 0.1) is 13.8 Å². The molecule has 0 radical (unpaired) electrons. The molecule has 110 valence electrons. The summed E-state index contributed by atoms with van der Waals surface area (Å²) in [6, 6.07) is 3.33. The molecule has 0 aliphatic heterocycles. The molecule has 0 bridgehead atoms. The molecule has 1 rings (SSSR count). The van der Waals surface area contributed by atoms with E-state index in [2.05, 4.69) is 12.2 Å². The summed E-state index contributed by atoms with van der Waals surface area (Å²) in [6.07, 6.45) is 4.68. The highest BCUT2D eigenvalue weighted by atomic mass is 16.4. The van der Waals surface area contributed by atoms with Crippen molar-refractivity contribution in [3.63, 3.8) is 0 Å². The van der Waals surface area contributed by atoms with Crippen molar-refractivity contribution < 1.29 is 14.7 Å². The normalized spacial score (nSPS) is 10.3. The molecule has 0 aliphatic carbocycles. The van der Waals surface area contributed by atoms with Gasteiger partial charge in [-0.2, -0.15) is 0 Å². The number of benzene rings is 1. The van der Waals surface area contributed by atoms with Crippen LogP contribution in [0.3, 0.4) is 0 Å². The van der Waals surface area contributed by atoms with Crippen LogP contribution in [0.15, 0.2) is 12.1 Å². The number of anilines is 1. The Morgan fingerprint density at radius 3 is 2.45 bits per heavy atom. The first-order valence-corrected chi connectivity index (χ1v) is 7.10. The lowest BCUT2D eigenvalue weighted by molar-refractivity contribution is -0.116. The summed E-state index contributed by atoms with van der Waals surface area (Å²) in [5.41, 5.74) is 2.40. The quantitative estimate of drug-likeness (QED) is 0.742. The van der Waals surface area contributed by atoms with E-state index in [1.807, 2.05) is 13.0 Å². The minimum atomic E-state index is -0.968. The van der Waals surface area contributed by atoms with Crippen molar-refractivity contribution in [3.05, 3.63) is 28.8 Å². The van der Waals surface area contributed by atoms with Crippen LogP contribution in [-0.4, -0.2) is 17.0 Å². The molecule has 20 heavy (non-hydrogen) atoms. The van der Waals surface area contributed by atoms with E-state index in [0.29, 0.717) is 12.1 Å². The average Bonchev–Trinajstić information content (AvgIpc) is 2.38. The Morgan fingerprint density at radius 2 is 1.85 bits per heavy atom. The Balaban J connectivity index is 2.68. The molecule has 0 saturated carbocycles. The zero-order valence-corrected chi connectivity index (χ0v) is 12.5. The van der Waals surface area contributed by atoms with Gasteiger partial charge in [-0.15, -0.1) is 0 Å². The Labute approximate surface area is 120 Å². The Bertz CT molecular complexity index is 495. The van der Waals surface area contributed by atoms with E-state index in [-0.39, 0.29) is 11.5 Å². The molecule has 0 saturated heterocycles. The van der Waals surface area contributed by atoms with Crippen molar-refractivity contribution in [2.24, 2.45) is 0 Å². The Kier molecular flexibility index (Phi) is 6.22. The fraction of sp³-hybridized carbons (Fsp3) is 0.500. The van der Waals surface area contributed by atoms with Crippen LogP contribution >= 0.6 is 0 Å². The number of hydrogen-bond acceptors (Lipinski definition) is 2. The van der Waals surface area contributed by atoms with Gasteiger partial charge in [0.05, 0.1) is 5.56 Å². The fourth-order valence-electron chi connectivity index (χ4n) is 2.09. The second kappa shape index (κ2) is 7.68. The third kappa shape index (κ3) is 4.68. The first kappa shape index (κ1) is 16.2. The van der Waals surface area contributed by atoms with Crippen LogP contribution in [0.5, 0.6) is 0 Å². The molecule has 0 fully saturated rings. The predicted octanol–water partition coefficient (Wildman–Crippen LogP) is 3.91. The van der Waals surface area contributed by atoms with Gasteiger partial charge >= 0.3 is 5.97 Å². The maximum absolute atomic E-state index is 11.8. The van der Waals surface area contributed by atoms with Gasteiger partial charge in [0.15, 0.2) is 0 Å². The van der Waals surface area contributed by atoms with Gasteiger partial charge in [0, 0.05) is 12.1 Å². The van der Waals surface area contributed by atoms with Crippen LogP contribution in [0.1, 0.15) is 60.5 Å². The number of carboxylic acids is 1. The summed E-state index contributed by atoms with van der Waals surface area (Å²) in [5.74, 6) is -1.02. The van der Waals surface area contributed by atoms with Crippen molar-refractivity contribution >= 4 is 17.6 Å². The molecule has 0 aliphatic rings. The lowest BCUT2D eigenvalue weighted by atomic mass is 10.0. The number of aryl methyl sites for hydroxylation is 1. The molecule has 1 aromatic rings. The lowest BCUT2D eigenvalue weighted by Crippen LogP contribution is -2.12. The number of hydrogen-bond donors (Lipinski definition) is 2. The molecule has 0 atom stereocenters. The number of unbranched alkanes of at least 4 members (excludes halogenated alkanes) is 3. The summed E-state index contributed by atoms with van der Waals surface area (Å²) >= 11 is 0. The van der Waals surface area contributed by atoms with Crippen LogP contribution in [0.4, 0.5) is 5.69 Å². The van der Waals surface area contributed by atoms with Crippen molar-refractivity contribution in [2.45, 2.75) is 52.9 Å². The van der Waals surface area contributed by atoms with Gasteiger partial charge in [0.1, 0.15) is 0 Å². The largest absolute Gasteiger partial charge is 0.478 e. The van der Waals surface area contributed by atoms with Crippen LogP contribution in [0.2, 0.25) is 0 Å². The van der Waals surface area contributed by atoms with Crippen molar-refractivity contribution in [3.8, 4) is 0 Å². The van der Waals surface area contributed by atoms with Gasteiger partial charge in [0.2, 0.25) is 5.91 Å². The number of nitrogens with one attached hydrogen (secondary N) is 1. The predicted molar refractivity (Wildman–Crippen MR) is 80.3 cm³/mol. The summed E-state index contributed by atoms with van der Waals surface area (Å²) in [4.78, 5) is 22.9. The van der Waals surface area contributed by atoms with Crippen molar-refractivity contribution in [2.75, 3.05) is 5.32 Å². The topological polar surface area (TPSA) is 66.4 Å². The maximum atomic E-state index is 11.8. The monoisotopic (exact) mass is 277 g/mol. The van der Waals surface area contributed by atoms with Gasteiger partial charge in [0.25, 0.3) is 0 Å². The fourth-order valence-corrected chi connectivity index (χ4v) is 2.09. The molecule has 2 N–H and O–H groups in total. The van der Waals surface area contributed by atoms with Gasteiger partial charge in [-0.05, 0) is 43.5 Å². The zero-order chi connectivity index (χ0) is 15.1. The van der Waals surface area contributed by atoms with Crippen molar-refractivity contribution in [1.29, 1.82) is 0 Å². The number of amides is 1. The minimum Gasteiger partial charge on any atom is -0.478 e. The smallest absolute Gasteiger partial charge is 0.336 e. The van der Waals surface area contributed by atoms with Crippen LogP contribution < -0.4 is 5.32 Å². The molecular formula is C16H23NO3. The van der Waals surface area contributed by atoms with E-state index < -0.39 is 5.97 Å². The third-order valence-electron chi connectivity index (χ3n) is 3.44. The number of carbonyl (C=O) groups excluding carboxylic acids is 1. The highest BCUT2D eigenvalue weighted by molar-refractivity contribution is 5.95. The van der Waals surface area contributed by atoms with E-state index in [4.69, 9.17) is 5.11 Å². The molecule has 0 unspecified atom stereocenters.